The summed E-state index contributed by atoms with van der Waals surface area (Å²) in [6, 6.07) is 0. The lowest BCUT2D eigenvalue weighted by atomic mass is 9.39. The third-order valence-corrected chi connectivity index (χ3v) is 8.19. The molecule has 0 spiro atoms. The number of fused-ring (bicyclic) bond motifs is 3. The minimum absolute atomic E-state index is 0.151. The number of esters is 1. The SMILES string of the molecule is C=C1[C@@H](C(=O)OC)[C@]2(C)CCC3C(C)(C)CCC[C@]3(C)[C@H]2C[C@@H]1O. The number of carbonyl (C=O) groups is 1. The summed E-state index contributed by atoms with van der Waals surface area (Å²) in [6.45, 7) is 13.6. The van der Waals surface area contributed by atoms with Gasteiger partial charge in [0.2, 0.25) is 0 Å². The van der Waals surface area contributed by atoms with Gasteiger partial charge in [0, 0.05) is 0 Å². The van der Waals surface area contributed by atoms with E-state index < -0.39 is 6.10 Å². The van der Waals surface area contributed by atoms with Crippen LogP contribution in [0.3, 0.4) is 0 Å². The van der Waals surface area contributed by atoms with Crippen LogP contribution in [0.15, 0.2) is 12.2 Å². The molecular formula is C21H34O3. The van der Waals surface area contributed by atoms with Gasteiger partial charge in [-0.3, -0.25) is 4.79 Å². The van der Waals surface area contributed by atoms with E-state index in [2.05, 4.69) is 34.3 Å². The van der Waals surface area contributed by atoms with Crippen LogP contribution in [0.5, 0.6) is 0 Å². The van der Waals surface area contributed by atoms with Gasteiger partial charge in [0.1, 0.15) is 0 Å². The van der Waals surface area contributed by atoms with Crippen molar-refractivity contribution in [1.82, 2.24) is 0 Å². The number of aliphatic hydroxyl groups excluding tert-OH is 1. The highest BCUT2D eigenvalue weighted by molar-refractivity contribution is 5.77. The third-order valence-electron chi connectivity index (χ3n) is 8.19. The van der Waals surface area contributed by atoms with Crippen LogP contribution >= 0.6 is 0 Å². The standard InChI is InChI=1S/C21H34O3/c1-13-14(22)12-16-20(4)10-7-9-19(2,3)15(20)8-11-21(16,5)17(13)18(23)24-6/h14-17,22H,1,7-12H2,2-6H3/t14-,15?,16+,17-,20-,21+/m0/s1. The minimum atomic E-state index is -0.590. The molecule has 3 aliphatic rings. The zero-order valence-electron chi connectivity index (χ0n) is 16.0. The van der Waals surface area contributed by atoms with E-state index in [0.29, 0.717) is 22.8 Å². The Hall–Kier alpha value is -0.830. The van der Waals surface area contributed by atoms with Crippen LogP contribution in [-0.2, 0) is 9.53 Å². The second-order valence-corrected chi connectivity index (χ2v) is 9.78. The maximum absolute atomic E-state index is 12.6. The third kappa shape index (κ3) is 2.30. The molecule has 3 nitrogen and oxygen atoms in total. The molecule has 1 unspecified atom stereocenters. The summed E-state index contributed by atoms with van der Waals surface area (Å²) in [4.78, 5) is 12.6. The molecule has 0 aromatic heterocycles. The highest BCUT2D eigenvalue weighted by Gasteiger charge is 2.63. The second kappa shape index (κ2) is 5.59. The van der Waals surface area contributed by atoms with E-state index in [-0.39, 0.29) is 22.7 Å². The van der Waals surface area contributed by atoms with E-state index in [9.17, 15) is 9.90 Å². The highest BCUT2D eigenvalue weighted by atomic mass is 16.5. The molecule has 3 heteroatoms. The molecule has 1 N–H and O–H groups in total. The van der Waals surface area contributed by atoms with Crippen molar-refractivity contribution >= 4 is 5.97 Å². The molecule has 0 radical (unpaired) electrons. The first kappa shape index (κ1) is 18.0. The van der Waals surface area contributed by atoms with Gasteiger partial charge in [0.15, 0.2) is 0 Å². The van der Waals surface area contributed by atoms with Crippen LogP contribution in [-0.4, -0.2) is 24.3 Å². The summed E-state index contributed by atoms with van der Waals surface area (Å²) in [5.41, 5.74) is 1.04. The highest BCUT2D eigenvalue weighted by Crippen LogP contribution is 2.69. The number of aliphatic hydroxyl groups is 1. The number of ether oxygens (including phenoxy) is 1. The van der Waals surface area contributed by atoms with Crippen molar-refractivity contribution in [2.45, 2.75) is 72.3 Å². The van der Waals surface area contributed by atoms with Gasteiger partial charge in [0.25, 0.3) is 0 Å². The predicted octanol–water partition coefficient (Wildman–Crippen LogP) is 4.35. The van der Waals surface area contributed by atoms with Crippen molar-refractivity contribution in [2.75, 3.05) is 7.11 Å². The van der Waals surface area contributed by atoms with Crippen LogP contribution < -0.4 is 0 Å². The number of hydrogen-bond acceptors (Lipinski definition) is 3. The number of methoxy groups -OCH3 is 1. The summed E-state index contributed by atoms with van der Waals surface area (Å²) in [7, 11) is 1.45. The molecule has 0 amide bonds. The zero-order valence-corrected chi connectivity index (χ0v) is 16.0. The Morgan fingerprint density at radius 3 is 2.42 bits per heavy atom. The molecule has 3 fully saturated rings. The Labute approximate surface area is 146 Å². The molecule has 136 valence electrons. The van der Waals surface area contributed by atoms with Gasteiger partial charge >= 0.3 is 5.97 Å². The van der Waals surface area contributed by atoms with Crippen molar-refractivity contribution in [2.24, 2.45) is 34.0 Å². The van der Waals surface area contributed by atoms with Gasteiger partial charge in [0.05, 0.1) is 19.1 Å². The summed E-state index contributed by atoms with van der Waals surface area (Å²) < 4.78 is 5.12. The number of rotatable bonds is 1. The normalized spacial score (nSPS) is 47.5. The summed E-state index contributed by atoms with van der Waals surface area (Å²) >= 11 is 0. The molecule has 3 saturated carbocycles. The zero-order chi connectivity index (χ0) is 17.9. The average molecular weight is 334 g/mol. The van der Waals surface area contributed by atoms with Gasteiger partial charge < -0.3 is 9.84 Å². The molecular weight excluding hydrogens is 300 g/mol. The van der Waals surface area contributed by atoms with Gasteiger partial charge in [-0.2, -0.15) is 0 Å². The van der Waals surface area contributed by atoms with Crippen molar-refractivity contribution in [3.05, 3.63) is 12.2 Å². The fraction of sp³-hybridized carbons (Fsp3) is 0.857. The van der Waals surface area contributed by atoms with Crippen LogP contribution in [0.1, 0.15) is 66.2 Å². The molecule has 6 atom stereocenters. The minimum Gasteiger partial charge on any atom is -0.469 e. The molecule has 0 aromatic rings. The Balaban J connectivity index is 2.06. The predicted molar refractivity (Wildman–Crippen MR) is 95.3 cm³/mol. The van der Waals surface area contributed by atoms with Crippen LogP contribution in [0, 0.1) is 34.0 Å². The van der Waals surface area contributed by atoms with E-state index in [0.717, 1.165) is 19.3 Å². The first-order valence-electron chi connectivity index (χ1n) is 9.52. The Kier molecular flexibility index (Phi) is 4.18. The van der Waals surface area contributed by atoms with Crippen LogP contribution in [0.4, 0.5) is 0 Å². The Bertz CT molecular complexity index is 551. The van der Waals surface area contributed by atoms with E-state index in [1.54, 1.807) is 0 Å². The van der Waals surface area contributed by atoms with Crippen LogP contribution in [0.25, 0.3) is 0 Å². The largest absolute Gasteiger partial charge is 0.469 e. The maximum atomic E-state index is 12.6. The van der Waals surface area contributed by atoms with Crippen molar-refractivity contribution < 1.29 is 14.6 Å². The Morgan fingerprint density at radius 1 is 1.12 bits per heavy atom. The topological polar surface area (TPSA) is 46.5 Å². The number of hydrogen-bond donors (Lipinski definition) is 1. The second-order valence-electron chi connectivity index (χ2n) is 9.78. The number of carbonyl (C=O) groups excluding carboxylic acids is 1. The molecule has 3 rings (SSSR count). The summed E-state index contributed by atoms with van der Waals surface area (Å²) in [5.74, 6) is 0.407. The monoisotopic (exact) mass is 334 g/mol. The van der Waals surface area contributed by atoms with Gasteiger partial charge in [-0.05, 0) is 65.8 Å². The van der Waals surface area contributed by atoms with E-state index in [1.807, 2.05) is 0 Å². The van der Waals surface area contributed by atoms with Gasteiger partial charge in [-0.15, -0.1) is 0 Å². The van der Waals surface area contributed by atoms with E-state index in [1.165, 1.54) is 26.4 Å². The summed E-state index contributed by atoms with van der Waals surface area (Å²) in [6.07, 6.45) is 6.06. The Morgan fingerprint density at radius 2 is 1.79 bits per heavy atom. The average Bonchev–Trinajstić information content (AvgIpc) is 2.48. The summed E-state index contributed by atoms with van der Waals surface area (Å²) in [5, 5.41) is 10.7. The molecule has 24 heavy (non-hydrogen) atoms. The molecule has 0 saturated heterocycles. The molecule has 0 aromatic carbocycles. The van der Waals surface area contributed by atoms with Crippen molar-refractivity contribution in [3.8, 4) is 0 Å². The quantitative estimate of drug-likeness (QED) is 0.573. The lowest BCUT2D eigenvalue weighted by Crippen LogP contribution is -2.61. The van der Waals surface area contributed by atoms with E-state index >= 15 is 0 Å². The van der Waals surface area contributed by atoms with E-state index in [4.69, 9.17) is 4.74 Å². The molecule has 0 heterocycles. The van der Waals surface area contributed by atoms with Gasteiger partial charge in [-0.25, -0.2) is 0 Å². The fourth-order valence-electron chi connectivity index (χ4n) is 7.10. The first-order valence-corrected chi connectivity index (χ1v) is 9.52. The molecule has 0 aliphatic heterocycles. The smallest absolute Gasteiger partial charge is 0.313 e. The van der Waals surface area contributed by atoms with Gasteiger partial charge in [-0.1, -0.05) is 40.7 Å². The van der Waals surface area contributed by atoms with Crippen molar-refractivity contribution in [1.29, 1.82) is 0 Å². The first-order chi connectivity index (χ1) is 11.1. The fourth-order valence-corrected chi connectivity index (χ4v) is 7.10. The van der Waals surface area contributed by atoms with Crippen LogP contribution in [0.2, 0.25) is 0 Å². The molecule has 3 aliphatic carbocycles. The molecule has 0 bridgehead atoms. The lowest BCUT2D eigenvalue weighted by Gasteiger charge is -2.65. The van der Waals surface area contributed by atoms with Crippen molar-refractivity contribution in [3.63, 3.8) is 0 Å². The maximum Gasteiger partial charge on any atom is 0.313 e. The lowest BCUT2D eigenvalue weighted by molar-refractivity contribution is -0.182.